The highest BCUT2D eigenvalue weighted by Crippen LogP contribution is 2.23. The lowest BCUT2D eigenvalue weighted by Crippen LogP contribution is -2.42. The number of para-hydroxylation sites is 1. The lowest BCUT2D eigenvalue weighted by Gasteiger charge is -2.32. The summed E-state index contributed by atoms with van der Waals surface area (Å²) >= 11 is 0. The summed E-state index contributed by atoms with van der Waals surface area (Å²) in [6.07, 6.45) is 3.13. The van der Waals surface area contributed by atoms with Gasteiger partial charge in [0.25, 0.3) is 5.56 Å². The van der Waals surface area contributed by atoms with Crippen LogP contribution in [0.2, 0.25) is 0 Å². The Labute approximate surface area is 163 Å². The number of rotatable bonds is 2. The maximum Gasteiger partial charge on any atom is 0.321 e. The van der Waals surface area contributed by atoms with Crippen LogP contribution < -0.4 is 10.9 Å². The minimum Gasteiger partial charge on any atom is -0.324 e. The van der Waals surface area contributed by atoms with Crippen LogP contribution >= 0.6 is 0 Å². The number of piperidine rings is 1. The van der Waals surface area contributed by atoms with Crippen molar-refractivity contribution in [3.63, 3.8) is 0 Å². The van der Waals surface area contributed by atoms with Crippen LogP contribution in [0, 0.1) is 13.8 Å². The van der Waals surface area contributed by atoms with E-state index in [1.807, 2.05) is 56.3 Å². The maximum absolute atomic E-state index is 12.9. The molecule has 1 N–H and O–H groups in total. The Morgan fingerprint density at radius 2 is 1.79 bits per heavy atom. The van der Waals surface area contributed by atoms with Crippen LogP contribution in [-0.2, 0) is 0 Å². The highest BCUT2D eigenvalue weighted by atomic mass is 16.2. The second kappa shape index (κ2) is 7.46. The van der Waals surface area contributed by atoms with Crippen molar-refractivity contribution in [1.29, 1.82) is 0 Å². The van der Waals surface area contributed by atoms with E-state index >= 15 is 0 Å². The third-order valence-electron chi connectivity index (χ3n) is 5.46. The van der Waals surface area contributed by atoms with E-state index in [1.165, 1.54) is 0 Å². The molecule has 0 bridgehead atoms. The molecule has 6 nitrogen and oxygen atoms in total. The molecule has 1 aromatic heterocycles. The van der Waals surface area contributed by atoms with Crippen molar-refractivity contribution in [2.45, 2.75) is 32.7 Å². The number of benzene rings is 2. The van der Waals surface area contributed by atoms with Crippen LogP contribution in [-0.4, -0.2) is 33.6 Å². The van der Waals surface area contributed by atoms with Crippen LogP contribution in [0.15, 0.2) is 53.6 Å². The summed E-state index contributed by atoms with van der Waals surface area (Å²) in [4.78, 5) is 31.7. The summed E-state index contributed by atoms with van der Waals surface area (Å²) in [6.45, 7) is 5.20. The van der Waals surface area contributed by atoms with Crippen molar-refractivity contribution in [1.82, 2.24) is 14.5 Å². The third-order valence-corrected chi connectivity index (χ3v) is 5.46. The van der Waals surface area contributed by atoms with Crippen molar-refractivity contribution < 1.29 is 4.79 Å². The van der Waals surface area contributed by atoms with Gasteiger partial charge in [-0.25, -0.2) is 9.78 Å². The summed E-state index contributed by atoms with van der Waals surface area (Å²) in [5.74, 6) is 0. The van der Waals surface area contributed by atoms with E-state index in [9.17, 15) is 9.59 Å². The number of hydrogen-bond acceptors (Lipinski definition) is 3. The predicted octanol–water partition coefficient (Wildman–Crippen LogP) is 3.88. The quantitative estimate of drug-likeness (QED) is 0.738. The van der Waals surface area contributed by atoms with E-state index in [0.29, 0.717) is 18.5 Å². The summed E-state index contributed by atoms with van der Waals surface area (Å²) < 4.78 is 1.73. The standard InChI is InChI=1S/C22H24N4O2/c1-15-6-8-17(9-7-15)24-22(28)25-12-10-18(11-13-25)26-14-23-20-16(2)4-3-5-19(20)21(26)27/h3-9,14,18H,10-13H2,1-2H3,(H,24,28). The average molecular weight is 376 g/mol. The first-order valence-electron chi connectivity index (χ1n) is 9.62. The lowest BCUT2D eigenvalue weighted by molar-refractivity contribution is 0.182. The Morgan fingerprint density at radius 1 is 1.07 bits per heavy atom. The SMILES string of the molecule is Cc1ccc(NC(=O)N2CCC(n3cnc4c(C)cccc4c3=O)CC2)cc1. The van der Waals surface area contributed by atoms with Gasteiger partial charge < -0.3 is 10.2 Å². The number of carbonyl (C=O) groups is 1. The number of nitrogens with zero attached hydrogens (tertiary/aromatic N) is 3. The molecule has 0 saturated carbocycles. The number of aryl methyl sites for hydroxylation is 2. The summed E-state index contributed by atoms with van der Waals surface area (Å²) in [5, 5.41) is 3.60. The van der Waals surface area contributed by atoms with Gasteiger partial charge >= 0.3 is 6.03 Å². The molecule has 2 amide bonds. The van der Waals surface area contributed by atoms with Gasteiger partial charge in [0.2, 0.25) is 0 Å². The predicted molar refractivity (Wildman–Crippen MR) is 111 cm³/mol. The molecule has 0 radical (unpaired) electrons. The van der Waals surface area contributed by atoms with E-state index in [1.54, 1.807) is 15.8 Å². The number of anilines is 1. The number of likely N-dealkylation sites (tertiary alicyclic amines) is 1. The number of fused-ring (bicyclic) bond motifs is 1. The fourth-order valence-corrected chi connectivity index (χ4v) is 3.76. The molecule has 0 aliphatic carbocycles. The van der Waals surface area contributed by atoms with Crippen LogP contribution in [0.1, 0.15) is 30.0 Å². The van der Waals surface area contributed by atoms with E-state index < -0.39 is 0 Å². The zero-order valence-corrected chi connectivity index (χ0v) is 16.2. The van der Waals surface area contributed by atoms with Gasteiger partial charge in [-0.2, -0.15) is 0 Å². The number of amides is 2. The fraction of sp³-hybridized carbons (Fsp3) is 0.318. The fourth-order valence-electron chi connectivity index (χ4n) is 3.76. The minimum absolute atomic E-state index is 0.00347. The van der Waals surface area contributed by atoms with Gasteiger partial charge in [-0.1, -0.05) is 29.8 Å². The summed E-state index contributed by atoms with van der Waals surface area (Å²) in [5.41, 5.74) is 3.71. The molecule has 3 aromatic rings. The third kappa shape index (κ3) is 3.50. The van der Waals surface area contributed by atoms with E-state index in [4.69, 9.17) is 0 Å². The van der Waals surface area contributed by atoms with E-state index in [2.05, 4.69) is 10.3 Å². The largest absolute Gasteiger partial charge is 0.324 e. The van der Waals surface area contributed by atoms with Crippen molar-refractivity contribution in [2.75, 3.05) is 18.4 Å². The van der Waals surface area contributed by atoms with Gasteiger partial charge in [-0.05, 0) is 50.5 Å². The van der Waals surface area contributed by atoms with Crippen LogP contribution in [0.5, 0.6) is 0 Å². The molecule has 0 atom stereocenters. The second-order valence-electron chi connectivity index (χ2n) is 7.44. The van der Waals surface area contributed by atoms with Crippen molar-refractivity contribution in [3.8, 4) is 0 Å². The Morgan fingerprint density at radius 3 is 2.50 bits per heavy atom. The average Bonchev–Trinajstić information content (AvgIpc) is 2.71. The monoisotopic (exact) mass is 376 g/mol. The highest BCUT2D eigenvalue weighted by Gasteiger charge is 2.25. The van der Waals surface area contributed by atoms with Gasteiger partial charge in [0.15, 0.2) is 0 Å². The Balaban J connectivity index is 1.45. The van der Waals surface area contributed by atoms with Crippen molar-refractivity contribution in [3.05, 3.63) is 70.3 Å². The molecular weight excluding hydrogens is 352 g/mol. The first-order chi connectivity index (χ1) is 13.5. The Hall–Kier alpha value is -3.15. The molecule has 6 heteroatoms. The molecule has 2 aromatic carbocycles. The zero-order chi connectivity index (χ0) is 19.7. The normalized spacial score (nSPS) is 15.0. The molecular formula is C22H24N4O2. The van der Waals surface area contributed by atoms with Gasteiger partial charge in [0.1, 0.15) is 0 Å². The number of aromatic nitrogens is 2. The highest BCUT2D eigenvalue weighted by molar-refractivity contribution is 5.89. The van der Waals surface area contributed by atoms with Gasteiger partial charge in [-0.3, -0.25) is 9.36 Å². The van der Waals surface area contributed by atoms with Crippen LogP contribution in [0.25, 0.3) is 10.9 Å². The molecule has 4 rings (SSSR count). The van der Waals surface area contributed by atoms with Crippen LogP contribution in [0.3, 0.4) is 0 Å². The molecule has 1 aliphatic heterocycles. The number of hydrogen-bond donors (Lipinski definition) is 1. The number of urea groups is 1. The summed E-state index contributed by atoms with van der Waals surface area (Å²) in [6, 6.07) is 13.4. The summed E-state index contributed by atoms with van der Waals surface area (Å²) in [7, 11) is 0. The molecule has 1 saturated heterocycles. The second-order valence-corrected chi connectivity index (χ2v) is 7.44. The topological polar surface area (TPSA) is 67.2 Å². The van der Waals surface area contributed by atoms with Gasteiger partial charge in [0.05, 0.1) is 17.2 Å². The van der Waals surface area contributed by atoms with Crippen LogP contribution in [0.4, 0.5) is 10.5 Å². The number of carbonyl (C=O) groups excluding carboxylic acids is 1. The van der Waals surface area contributed by atoms with E-state index in [0.717, 1.165) is 35.2 Å². The van der Waals surface area contributed by atoms with Crippen molar-refractivity contribution >= 4 is 22.6 Å². The lowest BCUT2D eigenvalue weighted by atomic mass is 10.0. The number of nitrogens with one attached hydrogen (secondary N) is 1. The molecule has 144 valence electrons. The Bertz CT molecular complexity index is 1060. The van der Waals surface area contributed by atoms with Gasteiger partial charge in [0, 0.05) is 24.8 Å². The smallest absolute Gasteiger partial charge is 0.321 e. The first kappa shape index (κ1) is 18.2. The molecule has 0 spiro atoms. The van der Waals surface area contributed by atoms with E-state index in [-0.39, 0.29) is 17.6 Å². The van der Waals surface area contributed by atoms with Crippen molar-refractivity contribution in [2.24, 2.45) is 0 Å². The maximum atomic E-state index is 12.9. The molecule has 1 aliphatic rings. The molecule has 28 heavy (non-hydrogen) atoms. The van der Waals surface area contributed by atoms with Gasteiger partial charge in [-0.15, -0.1) is 0 Å². The molecule has 1 fully saturated rings. The first-order valence-corrected chi connectivity index (χ1v) is 9.62. The Kier molecular flexibility index (Phi) is 4.86. The molecule has 0 unspecified atom stereocenters. The molecule has 2 heterocycles. The minimum atomic E-state index is -0.0955. The zero-order valence-electron chi connectivity index (χ0n) is 16.2.